The number of hydrogen-bond donors (Lipinski definition) is 0. The summed E-state index contributed by atoms with van der Waals surface area (Å²) in [4.78, 5) is 14.2. The van der Waals surface area contributed by atoms with Crippen molar-refractivity contribution in [3.05, 3.63) is 73.9 Å². The van der Waals surface area contributed by atoms with E-state index < -0.39 is 8.07 Å². The van der Waals surface area contributed by atoms with Crippen molar-refractivity contribution >= 4 is 57.8 Å². The van der Waals surface area contributed by atoms with Crippen LogP contribution in [-0.2, 0) is 0 Å². The van der Waals surface area contributed by atoms with Crippen molar-refractivity contribution in [2.45, 2.75) is 74.8 Å². The van der Waals surface area contributed by atoms with Crippen LogP contribution in [0.4, 0.5) is 34.1 Å². The first-order valence-electron chi connectivity index (χ1n) is 18.8. The van der Waals surface area contributed by atoms with E-state index in [0.29, 0.717) is 0 Å². The zero-order valence-corrected chi connectivity index (χ0v) is 38.0. The molecule has 0 unspecified atom stereocenters. The number of rotatable bonds is 10. The molecule has 0 aliphatic heterocycles. The van der Waals surface area contributed by atoms with Crippen LogP contribution >= 0.6 is 0 Å². The van der Waals surface area contributed by atoms with Gasteiger partial charge in [0.15, 0.2) is 8.07 Å². The molecule has 0 fully saturated rings. The Balaban J connectivity index is 2.63. The van der Waals surface area contributed by atoms with E-state index in [1.54, 1.807) is 0 Å². The third-order valence-electron chi connectivity index (χ3n) is 12.1. The average Bonchev–Trinajstić information content (AvgIpc) is 3.18. The van der Waals surface area contributed by atoms with E-state index in [9.17, 15) is 0 Å². The fourth-order valence-corrected chi connectivity index (χ4v) is 17.7. The highest BCUT2D eigenvalue weighted by Crippen LogP contribution is 2.50. The van der Waals surface area contributed by atoms with Gasteiger partial charge in [0.1, 0.15) is 0 Å². The Morgan fingerprint density at radius 1 is 0.346 bits per heavy atom. The Labute approximate surface area is 319 Å². The van der Waals surface area contributed by atoms with Crippen molar-refractivity contribution in [1.29, 1.82) is 0 Å². The lowest BCUT2D eigenvalue weighted by atomic mass is 10.0. The molecule has 0 atom stereocenters. The highest BCUT2D eigenvalue weighted by Gasteiger charge is 2.55. The van der Waals surface area contributed by atoms with Crippen molar-refractivity contribution in [3.8, 4) is 0 Å². The van der Waals surface area contributed by atoms with Crippen molar-refractivity contribution in [2.75, 3.05) is 114 Å². The lowest BCUT2D eigenvalue weighted by Crippen LogP contribution is -2.72. The zero-order chi connectivity index (χ0) is 39.6. The van der Waals surface area contributed by atoms with Gasteiger partial charge in [-0.25, -0.2) is 0 Å². The van der Waals surface area contributed by atoms with Gasteiger partial charge in [0, 0.05) is 124 Å². The minimum absolute atomic E-state index is 0.209. The van der Waals surface area contributed by atoms with E-state index in [0.717, 1.165) is 0 Å². The Kier molecular flexibility index (Phi) is 11.4. The first kappa shape index (κ1) is 40.9. The summed E-state index contributed by atoms with van der Waals surface area (Å²) < 4.78 is 0. The number of benzene rings is 3. The smallest absolute Gasteiger partial charge is 0.167 e. The molecule has 284 valence electrons. The monoisotopic (exact) mass is 723 g/mol. The summed E-state index contributed by atoms with van der Waals surface area (Å²) in [6, 6.07) is 7.84. The molecule has 0 aromatic heterocycles. The first-order chi connectivity index (χ1) is 24.0. The topological polar surface area (TPSA) is 19.4 Å². The molecule has 0 radical (unpaired) electrons. The average molecular weight is 723 g/mol. The predicted molar refractivity (Wildman–Crippen MR) is 239 cm³/mol. The van der Waals surface area contributed by atoms with Crippen LogP contribution < -0.4 is 45.0 Å². The summed E-state index contributed by atoms with van der Waals surface area (Å²) in [5.41, 5.74) is 22.0. The summed E-state index contributed by atoms with van der Waals surface area (Å²) >= 11 is 0. The highest BCUT2D eigenvalue weighted by molar-refractivity contribution is 7.15. The van der Waals surface area contributed by atoms with Crippen LogP contribution in [0.1, 0.15) is 61.1 Å². The van der Waals surface area contributed by atoms with E-state index in [-0.39, 0.29) is 5.54 Å². The third kappa shape index (κ3) is 6.11. The van der Waals surface area contributed by atoms with Gasteiger partial charge in [0.25, 0.3) is 0 Å². The van der Waals surface area contributed by atoms with Crippen LogP contribution in [0.25, 0.3) is 0 Å². The molecule has 3 aromatic rings. The standard InChI is InChI=1S/C45H70N6Si/c1-26-23-36(42(49(17)18)33(8)39(26)46(11)12)52(45-31(6)29(4)30(5)32(45)7,37-24-27(2)40(47(13)14)34(9)43(37)50(19)20)38-25-28(3)41(48(15)16)35(10)44(38)51(21)22/h23-25,45H,1-22H3. The normalized spacial score (nSPS) is 13.7. The summed E-state index contributed by atoms with van der Waals surface area (Å²) in [5.74, 6) is 0. The van der Waals surface area contributed by atoms with Gasteiger partial charge in [-0.2, -0.15) is 0 Å². The van der Waals surface area contributed by atoms with Crippen LogP contribution in [0.15, 0.2) is 40.5 Å². The largest absolute Gasteiger partial charge is 0.377 e. The van der Waals surface area contributed by atoms with Crippen LogP contribution in [0.2, 0.25) is 5.54 Å². The first-order valence-corrected chi connectivity index (χ1v) is 20.9. The zero-order valence-electron chi connectivity index (χ0n) is 37.0. The Morgan fingerprint density at radius 3 is 0.750 bits per heavy atom. The Hall–Kier alpha value is -3.84. The maximum Gasteiger partial charge on any atom is 0.167 e. The minimum Gasteiger partial charge on any atom is -0.377 e. The van der Waals surface area contributed by atoms with E-state index in [1.165, 1.54) is 105 Å². The summed E-state index contributed by atoms with van der Waals surface area (Å²) in [6.07, 6.45) is 0. The highest BCUT2D eigenvalue weighted by atomic mass is 28.3. The molecule has 3 aromatic carbocycles. The molecule has 0 bridgehead atoms. The summed E-state index contributed by atoms with van der Waals surface area (Å²) in [5, 5.41) is 4.47. The summed E-state index contributed by atoms with van der Waals surface area (Å²) in [6.45, 7) is 23.7. The van der Waals surface area contributed by atoms with Gasteiger partial charge in [-0.3, -0.25) is 0 Å². The fraction of sp³-hybridized carbons (Fsp3) is 0.511. The van der Waals surface area contributed by atoms with E-state index in [1.807, 2.05) is 0 Å². The molecule has 4 rings (SSSR count). The van der Waals surface area contributed by atoms with Gasteiger partial charge >= 0.3 is 0 Å². The van der Waals surface area contributed by atoms with E-state index in [4.69, 9.17) is 0 Å². The van der Waals surface area contributed by atoms with Gasteiger partial charge in [-0.05, 0) is 129 Å². The van der Waals surface area contributed by atoms with Crippen molar-refractivity contribution < 1.29 is 0 Å². The molecule has 0 spiro atoms. The fourth-order valence-electron chi connectivity index (χ4n) is 10.5. The second-order valence-electron chi connectivity index (χ2n) is 16.9. The number of aryl methyl sites for hydroxylation is 3. The van der Waals surface area contributed by atoms with Gasteiger partial charge < -0.3 is 29.4 Å². The maximum atomic E-state index is 2.61. The second-order valence-corrected chi connectivity index (χ2v) is 20.7. The van der Waals surface area contributed by atoms with E-state index >= 15 is 0 Å². The Morgan fingerprint density at radius 2 is 0.558 bits per heavy atom. The second kappa shape index (κ2) is 14.5. The van der Waals surface area contributed by atoms with Gasteiger partial charge in [0.2, 0.25) is 0 Å². The number of allylic oxidation sites excluding steroid dienone is 4. The molecular formula is C45H70N6Si. The van der Waals surface area contributed by atoms with Gasteiger partial charge in [0.05, 0.1) is 0 Å². The number of anilines is 6. The minimum atomic E-state index is -3.18. The van der Waals surface area contributed by atoms with Gasteiger partial charge in [-0.15, -0.1) is 0 Å². The molecule has 0 saturated carbocycles. The molecule has 7 heteroatoms. The van der Waals surface area contributed by atoms with Crippen LogP contribution in [-0.4, -0.2) is 92.6 Å². The van der Waals surface area contributed by atoms with Gasteiger partial charge in [-0.1, -0.05) is 29.3 Å². The number of hydrogen-bond acceptors (Lipinski definition) is 6. The molecule has 0 amide bonds. The molecule has 0 N–H and O–H groups in total. The van der Waals surface area contributed by atoms with Crippen LogP contribution in [0, 0.1) is 41.5 Å². The van der Waals surface area contributed by atoms with Crippen LogP contribution in [0.5, 0.6) is 0 Å². The molecular weight excluding hydrogens is 653 g/mol. The molecule has 1 aliphatic rings. The molecule has 0 heterocycles. The number of nitrogens with zero attached hydrogens (tertiary/aromatic N) is 6. The maximum absolute atomic E-state index is 3.18. The predicted octanol–water partition coefficient (Wildman–Crippen LogP) is 7.46. The quantitative estimate of drug-likeness (QED) is 0.159. The third-order valence-corrected chi connectivity index (χ3v) is 17.5. The molecule has 1 aliphatic carbocycles. The van der Waals surface area contributed by atoms with E-state index in [2.05, 4.69) is 201 Å². The van der Waals surface area contributed by atoms with Crippen molar-refractivity contribution in [2.24, 2.45) is 0 Å². The molecule has 6 nitrogen and oxygen atoms in total. The van der Waals surface area contributed by atoms with Crippen LogP contribution in [0.3, 0.4) is 0 Å². The lowest BCUT2D eigenvalue weighted by Gasteiger charge is -2.47. The molecule has 0 saturated heterocycles. The molecule has 52 heavy (non-hydrogen) atoms. The van der Waals surface area contributed by atoms with Crippen molar-refractivity contribution in [3.63, 3.8) is 0 Å². The SMILES string of the molecule is CC1=C(C)C([Si](c2cc(C)c(N(C)C)c(C)c2N(C)C)(c2cc(C)c(N(C)C)c(C)c2N(C)C)c2cc(C)c(N(C)C)c(C)c2N(C)C)C(C)=C1C. The summed E-state index contributed by atoms with van der Waals surface area (Å²) in [7, 11) is 23.5. The van der Waals surface area contributed by atoms with Crippen molar-refractivity contribution in [1.82, 2.24) is 0 Å². The Bertz CT molecular complexity index is 1750. The lowest BCUT2D eigenvalue weighted by molar-refractivity contribution is 1.05.